The van der Waals surface area contributed by atoms with Crippen molar-refractivity contribution >= 4 is 5.78 Å². The number of carbonyl (C=O) groups excluding carboxylic acids is 1. The van der Waals surface area contributed by atoms with Gasteiger partial charge in [-0.1, -0.05) is 30.3 Å². The Morgan fingerprint density at radius 2 is 1.64 bits per heavy atom. The van der Waals surface area contributed by atoms with Crippen molar-refractivity contribution in [2.24, 2.45) is 0 Å². The minimum absolute atomic E-state index is 0.182. The van der Waals surface area contributed by atoms with Crippen molar-refractivity contribution in [3.63, 3.8) is 0 Å². The van der Waals surface area contributed by atoms with Gasteiger partial charge in [-0.05, 0) is 31.2 Å². The van der Waals surface area contributed by atoms with Crippen LogP contribution in [0.15, 0.2) is 30.3 Å². The van der Waals surface area contributed by atoms with Gasteiger partial charge in [0.05, 0.1) is 0 Å². The zero-order chi connectivity index (χ0) is 9.80. The summed E-state index contributed by atoms with van der Waals surface area (Å²) in [5, 5.41) is 0. The second-order valence-electron chi connectivity index (χ2n) is 3.26. The van der Waals surface area contributed by atoms with Gasteiger partial charge in [0.25, 0.3) is 0 Å². The molecule has 0 amide bonds. The van der Waals surface area contributed by atoms with Crippen LogP contribution in [0.25, 0.3) is 0 Å². The number of Topliss-reactive ketones (excluding diaryl/α,β-unsaturated/α-hetero) is 1. The van der Waals surface area contributed by atoms with Gasteiger partial charge in [-0.25, -0.2) is 0 Å². The molecular formula is C13H11O. The van der Waals surface area contributed by atoms with Crippen molar-refractivity contribution in [2.45, 2.75) is 6.42 Å². The Hall–Kier alpha value is -1.11. The SMILES string of the molecule is O=C(Cc1ccccc1)[C]1[CH][CH][CH][CH]1. The fraction of sp³-hybridized carbons (Fsp3) is 0.0769. The molecule has 1 aliphatic rings. The molecule has 0 unspecified atom stereocenters. The highest BCUT2D eigenvalue weighted by Crippen LogP contribution is 2.24. The Kier molecular flexibility index (Phi) is 2.97. The van der Waals surface area contributed by atoms with Crippen LogP contribution in [-0.4, -0.2) is 5.78 Å². The zero-order valence-electron chi connectivity index (χ0n) is 7.81. The summed E-state index contributed by atoms with van der Waals surface area (Å²) in [6, 6.07) is 9.80. The summed E-state index contributed by atoms with van der Waals surface area (Å²) < 4.78 is 0. The van der Waals surface area contributed by atoms with E-state index in [4.69, 9.17) is 0 Å². The fourth-order valence-electron chi connectivity index (χ4n) is 1.44. The zero-order valence-corrected chi connectivity index (χ0v) is 7.81. The molecule has 2 rings (SSSR count). The summed E-state index contributed by atoms with van der Waals surface area (Å²) in [6.45, 7) is 0. The summed E-state index contributed by atoms with van der Waals surface area (Å²) in [5.41, 5.74) is 1.07. The van der Waals surface area contributed by atoms with Crippen molar-refractivity contribution < 1.29 is 4.79 Å². The van der Waals surface area contributed by atoms with Gasteiger partial charge in [0.15, 0.2) is 0 Å². The maximum Gasteiger partial charge on any atom is 0.145 e. The van der Waals surface area contributed by atoms with Crippen LogP contribution >= 0.6 is 0 Å². The maximum absolute atomic E-state index is 11.7. The van der Waals surface area contributed by atoms with Crippen LogP contribution in [0.2, 0.25) is 0 Å². The highest BCUT2D eigenvalue weighted by Gasteiger charge is 2.23. The van der Waals surface area contributed by atoms with Gasteiger partial charge in [0.1, 0.15) is 5.78 Å². The van der Waals surface area contributed by atoms with Gasteiger partial charge in [-0.3, -0.25) is 4.79 Å². The third-order valence-electron chi connectivity index (χ3n) is 2.19. The highest BCUT2D eigenvalue weighted by molar-refractivity contribution is 5.98. The minimum Gasteiger partial charge on any atom is -0.299 e. The lowest BCUT2D eigenvalue weighted by atomic mass is 9.97. The van der Waals surface area contributed by atoms with Crippen LogP contribution in [0.3, 0.4) is 0 Å². The Morgan fingerprint density at radius 3 is 2.29 bits per heavy atom. The molecule has 0 atom stereocenters. The van der Waals surface area contributed by atoms with Crippen molar-refractivity contribution in [3.05, 3.63) is 67.5 Å². The number of ketones is 1. The van der Waals surface area contributed by atoms with Gasteiger partial charge >= 0.3 is 0 Å². The quantitative estimate of drug-likeness (QED) is 0.702. The Morgan fingerprint density at radius 1 is 1.00 bits per heavy atom. The van der Waals surface area contributed by atoms with Gasteiger partial charge in [-0.2, -0.15) is 0 Å². The summed E-state index contributed by atoms with van der Waals surface area (Å²) in [6.07, 6.45) is 7.97. The lowest BCUT2D eigenvalue weighted by Gasteiger charge is -2.05. The summed E-state index contributed by atoms with van der Waals surface area (Å²) >= 11 is 0. The Bertz CT molecular complexity index is 296. The number of carbonyl (C=O) groups is 1. The average molecular weight is 183 g/mol. The van der Waals surface area contributed by atoms with Gasteiger partial charge in [0.2, 0.25) is 0 Å². The van der Waals surface area contributed by atoms with E-state index >= 15 is 0 Å². The molecule has 0 aromatic heterocycles. The van der Waals surface area contributed by atoms with Crippen LogP contribution in [0.1, 0.15) is 5.56 Å². The van der Waals surface area contributed by atoms with E-state index in [1.165, 1.54) is 0 Å². The molecule has 69 valence electrons. The van der Waals surface area contributed by atoms with Crippen LogP contribution < -0.4 is 0 Å². The molecule has 1 aromatic rings. The van der Waals surface area contributed by atoms with E-state index in [0.29, 0.717) is 6.42 Å². The fourth-order valence-corrected chi connectivity index (χ4v) is 1.44. The lowest BCUT2D eigenvalue weighted by Crippen LogP contribution is -2.12. The molecule has 0 bridgehead atoms. The number of hydrogen-bond donors (Lipinski definition) is 0. The number of rotatable bonds is 3. The first-order valence-corrected chi connectivity index (χ1v) is 4.65. The van der Waals surface area contributed by atoms with Crippen LogP contribution in [-0.2, 0) is 11.2 Å². The van der Waals surface area contributed by atoms with Gasteiger partial charge in [-0.15, -0.1) is 0 Å². The van der Waals surface area contributed by atoms with E-state index in [-0.39, 0.29) is 5.78 Å². The first kappa shape index (κ1) is 9.45. The molecule has 0 heterocycles. The molecule has 1 saturated carbocycles. The van der Waals surface area contributed by atoms with Crippen molar-refractivity contribution in [2.75, 3.05) is 0 Å². The molecule has 1 fully saturated rings. The highest BCUT2D eigenvalue weighted by atomic mass is 16.1. The standard InChI is InChI=1S/C13H11O/c14-13(12-8-4-5-9-12)10-11-6-2-1-3-7-11/h1-9H,10H2. The second-order valence-corrected chi connectivity index (χ2v) is 3.26. The summed E-state index contributed by atoms with van der Waals surface area (Å²) in [7, 11) is 0. The lowest BCUT2D eigenvalue weighted by molar-refractivity contribution is -0.116. The van der Waals surface area contributed by atoms with Crippen molar-refractivity contribution in [1.82, 2.24) is 0 Å². The van der Waals surface area contributed by atoms with Crippen LogP contribution in [0.4, 0.5) is 0 Å². The summed E-state index contributed by atoms with van der Waals surface area (Å²) in [4.78, 5) is 11.7. The monoisotopic (exact) mass is 183 g/mol. The Balaban J connectivity index is 1.94. The average Bonchev–Trinajstić information content (AvgIpc) is 2.72. The van der Waals surface area contributed by atoms with Crippen molar-refractivity contribution in [3.8, 4) is 0 Å². The largest absolute Gasteiger partial charge is 0.299 e. The summed E-state index contributed by atoms with van der Waals surface area (Å²) in [5.74, 6) is 0.982. The van der Waals surface area contributed by atoms with Gasteiger partial charge in [0, 0.05) is 12.3 Å². The minimum atomic E-state index is 0.182. The first-order valence-electron chi connectivity index (χ1n) is 4.65. The van der Waals surface area contributed by atoms with Crippen LogP contribution in [0.5, 0.6) is 0 Å². The van der Waals surface area contributed by atoms with E-state index in [1.807, 2.05) is 56.0 Å². The van der Waals surface area contributed by atoms with Crippen LogP contribution in [0, 0.1) is 31.6 Å². The van der Waals surface area contributed by atoms with Crippen molar-refractivity contribution in [1.29, 1.82) is 0 Å². The molecule has 0 saturated heterocycles. The molecule has 0 aliphatic heterocycles. The van der Waals surface area contributed by atoms with E-state index in [9.17, 15) is 4.79 Å². The molecule has 0 N–H and O–H groups in total. The molecule has 1 heteroatoms. The molecule has 1 aromatic carbocycles. The molecule has 1 aliphatic carbocycles. The third-order valence-corrected chi connectivity index (χ3v) is 2.19. The maximum atomic E-state index is 11.7. The number of hydrogen-bond acceptors (Lipinski definition) is 1. The number of benzene rings is 1. The van der Waals surface area contributed by atoms with E-state index in [1.54, 1.807) is 0 Å². The first-order chi connectivity index (χ1) is 6.86. The van der Waals surface area contributed by atoms with E-state index in [2.05, 4.69) is 0 Å². The second kappa shape index (κ2) is 4.41. The third kappa shape index (κ3) is 2.22. The predicted molar refractivity (Wildman–Crippen MR) is 55.6 cm³/mol. The molecular weight excluding hydrogens is 172 g/mol. The van der Waals surface area contributed by atoms with Gasteiger partial charge < -0.3 is 0 Å². The molecule has 0 spiro atoms. The topological polar surface area (TPSA) is 17.1 Å². The van der Waals surface area contributed by atoms with E-state index in [0.717, 1.165) is 11.5 Å². The smallest absolute Gasteiger partial charge is 0.145 e. The van der Waals surface area contributed by atoms with E-state index < -0.39 is 0 Å². The predicted octanol–water partition coefficient (Wildman–Crippen LogP) is 2.20. The molecule has 5 radical (unpaired) electrons. The molecule has 14 heavy (non-hydrogen) atoms. The normalized spacial score (nSPS) is 17.1. The molecule has 1 nitrogen and oxygen atoms in total. The Labute approximate surface area is 85.1 Å².